The van der Waals surface area contributed by atoms with Gasteiger partial charge >= 0.3 is 0 Å². The van der Waals surface area contributed by atoms with Crippen molar-refractivity contribution in [3.8, 4) is 0 Å². The van der Waals surface area contributed by atoms with Crippen LogP contribution in [0.15, 0.2) is 60.8 Å². The molecular formula is C24H26N2O2. The number of H-pyrrole nitrogens is 1. The van der Waals surface area contributed by atoms with E-state index >= 15 is 0 Å². The average molecular weight is 374 g/mol. The summed E-state index contributed by atoms with van der Waals surface area (Å²) in [5.74, 6) is 0.177. The standard InChI is InChI=1S/C24H26N2O2/c27-23(19-16-25-21-12-6-4-10-18(19)21)26-15-14-24(28,17-8-2-1-3-9-17)20-11-5-7-13-22(20)26/h1-4,6,8-10,12,16,20,22,25,28H,5,7,11,13-15H2/t20-,22+,24-/m1/s1. The number of hydrogen-bond acceptors (Lipinski definition) is 2. The van der Waals surface area contributed by atoms with Crippen LogP contribution in [0.2, 0.25) is 0 Å². The van der Waals surface area contributed by atoms with Crippen molar-refractivity contribution < 1.29 is 9.90 Å². The third kappa shape index (κ3) is 2.67. The molecule has 0 spiro atoms. The lowest BCUT2D eigenvalue weighted by atomic mass is 9.66. The van der Waals surface area contributed by atoms with E-state index < -0.39 is 5.60 Å². The molecule has 0 bridgehead atoms. The van der Waals surface area contributed by atoms with Crippen LogP contribution in [0.3, 0.4) is 0 Å². The van der Waals surface area contributed by atoms with Crippen molar-refractivity contribution in [3.05, 3.63) is 71.9 Å². The summed E-state index contributed by atoms with van der Waals surface area (Å²) in [4.78, 5) is 18.8. The number of aromatic amines is 1. The molecule has 144 valence electrons. The Morgan fingerprint density at radius 2 is 1.79 bits per heavy atom. The zero-order chi connectivity index (χ0) is 19.1. The number of amides is 1. The Morgan fingerprint density at radius 1 is 1.04 bits per heavy atom. The molecule has 2 aromatic carbocycles. The van der Waals surface area contributed by atoms with Crippen molar-refractivity contribution >= 4 is 16.8 Å². The van der Waals surface area contributed by atoms with Gasteiger partial charge in [0.15, 0.2) is 0 Å². The van der Waals surface area contributed by atoms with E-state index in [1.807, 2.05) is 65.7 Å². The molecule has 2 aliphatic rings. The van der Waals surface area contributed by atoms with Gasteiger partial charge in [0.05, 0.1) is 11.2 Å². The Bertz CT molecular complexity index is 996. The third-order valence-corrected chi connectivity index (χ3v) is 6.83. The average Bonchev–Trinajstić information content (AvgIpc) is 3.19. The van der Waals surface area contributed by atoms with E-state index in [-0.39, 0.29) is 17.9 Å². The number of benzene rings is 2. The molecule has 1 aromatic heterocycles. The van der Waals surface area contributed by atoms with Crippen LogP contribution in [0, 0.1) is 5.92 Å². The van der Waals surface area contributed by atoms with Crippen molar-refractivity contribution in [1.82, 2.24) is 9.88 Å². The highest BCUT2D eigenvalue weighted by Crippen LogP contribution is 2.47. The van der Waals surface area contributed by atoms with Crippen molar-refractivity contribution in [2.24, 2.45) is 5.92 Å². The number of fused-ring (bicyclic) bond motifs is 2. The number of nitrogens with one attached hydrogen (secondary N) is 1. The fourth-order valence-corrected chi connectivity index (χ4v) is 5.42. The van der Waals surface area contributed by atoms with Gasteiger partial charge in [0.2, 0.25) is 0 Å². The molecule has 28 heavy (non-hydrogen) atoms. The van der Waals surface area contributed by atoms with Crippen LogP contribution >= 0.6 is 0 Å². The van der Waals surface area contributed by atoms with Gasteiger partial charge in [0.25, 0.3) is 5.91 Å². The lowest BCUT2D eigenvalue weighted by molar-refractivity contribution is -0.110. The van der Waals surface area contributed by atoms with Crippen LogP contribution < -0.4 is 0 Å². The van der Waals surface area contributed by atoms with E-state index in [2.05, 4.69) is 4.98 Å². The lowest BCUT2D eigenvalue weighted by Crippen LogP contribution is -2.58. The Labute approximate surface area is 165 Å². The van der Waals surface area contributed by atoms with Crippen LogP contribution in [0.4, 0.5) is 0 Å². The molecule has 1 amide bonds. The van der Waals surface area contributed by atoms with Gasteiger partial charge in [-0.2, -0.15) is 0 Å². The first-order valence-corrected chi connectivity index (χ1v) is 10.3. The molecule has 3 aromatic rings. The molecule has 1 aliphatic carbocycles. The second-order valence-corrected chi connectivity index (χ2v) is 8.25. The largest absolute Gasteiger partial charge is 0.385 e. The topological polar surface area (TPSA) is 56.3 Å². The van der Waals surface area contributed by atoms with Gasteiger partial charge < -0.3 is 15.0 Å². The Morgan fingerprint density at radius 3 is 2.64 bits per heavy atom. The first-order chi connectivity index (χ1) is 13.7. The minimum atomic E-state index is -0.844. The lowest BCUT2D eigenvalue weighted by Gasteiger charge is -2.52. The fraction of sp³-hybridized carbons (Fsp3) is 0.375. The summed E-state index contributed by atoms with van der Waals surface area (Å²) >= 11 is 0. The van der Waals surface area contributed by atoms with Gasteiger partial charge in [-0.1, -0.05) is 61.4 Å². The molecule has 3 atom stereocenters. The van der Waals surface area contributed by atoms with Crippen LogP contribution in [0.5, 0.6) is 0 Å². The first kappa shape index (κ1) is 17.5. The third-order valence-electron chi connectivity index (χ3n) is 6.83. The van der Waals surface area contributed by atoms with E-state index in [4.69, 9.17) is 0 Å². The number of aliphatic hydroxyl groups is 1. The van der Waals surface area contributed by atoms with Crippen LogP contribution in [-0.2, 0) is 5.60 Å². The Balaban J connectivity index is 1.50. The second-order valence-electron chi connectivity index (χ2n) is 8.25. The van der Waals surface area contributed by atoms with Gasteiger partial charge in [-0.25, -0.2) is 0 Å². The normalized spacial score (nSPS) is 27.5. The summed E-state index contributed by atoms with van der Waals surface area (Å²) in [6, 6.07) is 18.1. The zero-order valence-electron chi connectivity index (χ0n) is 16.0. The molecule has 0 radical (unpaired) electrons. The van der Waals surface area contributed by atoms with Gasteiger partial charge in [-0.15, -0.1) is 0 Å². The van der Waals surface area contributed by atoms with Crippen LogP contribution in [0.1, 0.15) is 48.0 Å². The van der Waals surface area contributed by atoms with Gasteiger partial charge in [-0.05, 0) is 30.9 Å². The fourth-order valence-electron chi connectivity index (χ4n) is 5.42. The minimum absolute atomic E-state index is 0.0875. The maximum absolute atomic E-state index is 13.5. The maximum Gasteiger partial charge on any atom is 0.256 e. The summed E-state index contributed by atoms with van der Waals surface area (Å²) in [5.41, 5.74) is 1.88. The molecular weight excluding hydrogens is 348 g/mol. The zero-order valence-corrected chi connectivity index (χ0v) is 16.0. The number of aromatic nitrogens is 1. The smallest absolute Gasteiger partial charge is 0.256 e. The van der Waals surface area contributed by atoms with Crippen molar-refractivity contribution in [3.63, 3.8) is 0 Å². The number of rotatable bonds is 2. The molecule has 2 N–H and O–H groups in total. The Kier molecular flexibility index (Phi) is 4.24. The van der Waals surface area contributed by atoms with E-state index in [0.717, 1.165) is 47.7 Å². The predicted octanol–water partition coefficient (Wildman–Crippen LogP) is 4.46. The molecule has 4 heteroatoms. The molecule has 1 aliphatic heterocycles. The number of para-hydroxylation sites is 1. The molecule has 5 rings (SSSR count). The van der Waals surface area contributed by atoms with E-state index in [9.17, 15) is 9.90 Å². The number of hydrogen-bond donors (Lipinski definition) is 2. The van der Waals surface area contributed by atoms with Crippen LogP contribution in [0.25, 0.3) is 10.9 Å². The highest BCUT2D eigenvalue weighted by Gasteiger charge is 2.50. The molecule has 4 nitrogen and oxygen atoms in total. The van der Waals surface area contributed by atoms with Gasteiger partial charge in [0, 0.05) is 35.6 Å². The molecule has 1 saturated heterocycles. The quantitative estimate of drug-likeness (QED) is 0.696. The first-order valence-electron chi connectivity index (χ1n) is 10.3. The van der Waals surface area contributed by atoms with E-state index in [0.29, 0.717) is 13.0 Å². The van der Waals surface area contributed by atoms with Gasteiger partial charge in [0.1, 0.15) is 0 Å². The maximum atomic E-state index is 13.5. The summed E-state index contributed by atoms with van der Waals surface area (Å²) in [6.45, 7) is 0.588. The minimum Gasteiger partial charge on any atom is -0.385 e. The van der Waals surface area contributed by atoms with Crippen molar-refractivity contribution in [2.45, 2.75) is 43.7 Å². The van der Waals surface area contributed by atoms with Crippen LogP contribution in [-0.4, -0.2) is 33.5 Å². The highest BCUT2D eigenvalue weighted by atomic mass is 16.3. The molecule has 1 saturated carbocycles. The summed E-state index contributed by atoms with van der Waals surface area (Å²) < 4.78 is 0. The SMILES string of the molecule is O=C(c1c[nH]c2ccccc12)N1CC[C@@](O)(c2ccccc2)[C@@H]2CCCC[C@@H]21. The molecule has 0 unspecified atom stereocenters. The second kappa shape index (κ2) is 6.78. The summed E-state index contributed by atoms with van der Waals surface area (Å²) in [7, 11) is 0. The van der Waals surface area contributed by atoms with Crippen molar-refractivity contribution in [1.29, 1.82) is 0 Å². The summed E-state index contributed by atoms with van der Waals surface area (Å²) in [5, 5.41) is 12.7. The highest BCUT2D eigenvalue weighted by molar-refractivity contribution is 6.06. The summed E-state index contributed by atoms with van der Waals surface area (Å²) in [6.07, 6.45) is 6.59. The number of carbonyl (C=O) groups excluding carboxylic acids is 1. The molecule has 2 heterocycles. The monoisotopic (exact) mass is 374 g/mol. The van der Waals surface area contributed by atoms with Crippen molar-refractivity contribution in [2.75, 3.05) is 6.54 Å². The van der Waals surface area contributed by atoms with E-state index in [1.54, 1.807) is 0 Å². The number of piperidine rings is 1. The number of nitrogens with zero attached hydrogens (tertiary/aromatic N) is 1. The van der Waals surface area contributed by atoms with Gasteiger partial charge in [-0.3, -0.25) is 4.79 Å². The Hall–Kier alpha value is -2.59. The van der Waals surface area contributed by atoms with E-state index in [1.165, 1.54) is 0 Å². The molecule has 2 fully saturated rings. The number of carbonyl (C=O) groups is 1. The predicted molar refractivity (Wildman–Crippen MR) is 110 cm³/mol. The number of likely N-dealkylation sites (tertiary alicyclic amines) is 1.